The van der Waals surface area contributed by atoms with Crippen LogP contribution in [-0.2, 0) is 6.42 Å². The van der Waals surface area contributed by atoms with Gasteiger partial charge in [0.15, 0.2) is 0 Å². The Kier molecular flexibility index (Phi) is 2.74. The van der Waals surface area contributed by atoms with E-state index in [0.29, 0.717) is 5.92 Å². The predicted molar refractivity (Wildman–Crippen MR) is 48.1 cm³/mol. The summed E-state index contributed by atoms with van der Waals surface area (Å²) in [5.41, 5.74) is 1.32. The van der Waals surface area contributed by atoms with Gasteiger partial charge in [0.05, 0.1) is 0 Å². The van der Waals surface area contributed by atoms with E-state index < -0.39 is 0 Å². The van der Waals surface area contributed by atoms with Crippen LogP contribution in [0.2, 0.25) is 0 Å². The molecule has 0 nitrogen and oxygen atoms in total. The van der Waals surface area contributed by atoms with Gasteiger partial charge < -0.3 is 0 Å². The van der Waals surface area contributed by atoms with E-state index >= 15 is 0 Å². The van der Waals surface area contributed by atoms with Crippen LogP contribution in [0.3, 0.4) is 0 Å². The minimum atomic E-state index is 0.345. The number of hydrogen-bond donors (Lipinski definition) is 0. The van der Waals surface area contributed by atoms with Crippen molar-refractivity contribution in [3.8, 4) is 12.3 Å². The molecule has 0 spiro atoms. The molecule has 0 N–H and O–H groups in total. The van der Waals surface area contributed by atoms with E-state index in [1.165, 1.54) is 5.56 Å². The Hall–Kier alpha value is -1.22. The van der Waals surface area contributed by atoms with Gasteiger partial charge in [0.1, 0.15) is 0 Å². The van der Waals surface area contributed by atoms with Crippen LogP contribution in [0.1, 0.15) is 12.5 Å². The van der Waals surface area contributed by atoms with Gasteiger partial charge in [0.2, 0.25) is 0 Å². The maximum atomic E-state index is 5.27. The summed E-state index contributed by atoms with van der Waals surface area (Å²) >= 11 is 0. The average molecular weight is 144 g/mol. The summed E-state index contributed by atoms with van der Waals surface area (Å²) in [6.45, 7) is 2.06. The van der Waals surface area contributed by atoms with Crippen LogP contribution in [0.25, 0.3) is 0 Å². The monoisotopic (exact) mass is 144 g/mol. The minimum absolute atomic E-state index is 0.345. The van der Waals surface area contributed by atoms with E-state index in [4.69, 9.17) is 6.42 Å². The molecule has 0 saturated heterocycles. The first-order valence-electron chi connectivity index (χ1n) is 3.83. The van der Waals surface area contributed by atoms with Gasteiger partial charge in [-0.2, -0.15) is 0 Å². The number of terminal acetylenes is 1. The van der Waals surface area contributed by atoms with Crippen molar-refractivity contribution in [2.75, 3.05) is 0 Å². The van der Waals surface area contributed by atoms with E-state index in [0.717, 1.165) is 6.42 Å². The summed E-state index contributed by atoms with van der Waals surface area (Å²) in [6.07, 6.45) is 6.25. The highest BCUT2D eigenvalue weighted by Crippen LogP contribution is 2.06. The van der Waals surface area contributed by atoms with Crippen molar-refractivity contribution in [2.24, 2.45) is 5.92 Å². The second-order valence-electron chi connectivity index (χ2n) is 2.76. The molecule has 0 amide bonds. The van der Waals surface area contributed by atoms with Crippen LogP contribution in [0.4, 0.5) is 0 Å². The van der Waals surface area contributed by atoms with Gasteiger partial charge in [-0.05, 0) is 12.0 Å². The summed E-state index contributed by atoms with van der Waals surface area (Å²) in [6, 6.07) is 10.3. The third-order valence-electron chi connectivity index (χ3n) is 1.67. The Morgan fingerprint density at radius 3 is 2.55 bits per heavy atom. The largest absolute Gasteiger partial charge is 0.120 e. The summed E-state index contributed by atoms with van der Waals surface area (Å²) < 4.78 is 0. The van der Waals surface area contributed by atoms with E-state index in [9.17, 15) is 0 Å². The molecule has 0 radical (unpaired) electrons. The molecule has 0 heteroatoms. The molecular formula is C11H12. The zero-order valence-electron chi connectivity index (χ0n) is 6.75. The molecular weight excluding hydrogens is 132 g/mol. The van der Waals surface area contributed by atoms with E-state index in [1.807, 2.05) is 18.2 Å². The Balaban J connectivity index is 2.60. The van der Waals surface area contributed by atoms with Crippen molar-refractivity contribution in [1.82, 2.24) is 0 Å². The van der Waals surface area contributed by atoms with Crippen molar-refractivity contribution >= 4 is 0 Å². The normalized spacial score (nSPS) is 12.0. The SMILES string of the molecule is C#CC(C)Cc1ccccc1. The van der Waals surface area contributed by atoms with E-state index in [-0.39, 0.29) is 0 Å². The lowest BCUT2D eigenvalue weighted by Crippen LogP contribution is -1.94. The van der Waals surface area contributed by atoms with Crippen molar-refractivity contribution in [3.63, 3.8) is 0 Å². The molecule has 0 bridgehead atoms. The van der Waals surface area contributed by atoms with Crippen molar-refractivity contribution < 1.29 is 0 Å². The summed E-state index contributed by atoms with van der Waals surface area (Å²) in [7, 11) is 0. The standard InChI is InChI=1S/C11H12/c1-3-10(2)9-11-7-5-4-6-8-11/h1,4-8,10H,9H2,2H3. The third kappa shape index (κ3) is 2.47. The summed E-state index contributed by atoms with van der Waals surface area (Å²) in [4.78, 5) is 0. The molecule has 56 valence electrons. The van der Waals surface area contributed by atoms with E-state index in [2.05, 4.69) is 25.0 Å². The quantitative estimate of drug-likeness (QED) is 0.559. The zero-order chi connectivity index (χ0) is 8.10. The molecule has 0 aromatic heterocycles. The molecule has 1 unspecified atom stereocenters. The van der Waals surface area contributed by atoms with Crippen LogP contribution >= 0.6 is 0 Å². The highest BCUT2D eigenvalue weighted by Gasteiger charge is 1.96. The molecule has 0 saturated carbocycles. The predicted octanol–water partition coefficient (Wildman–Crippen LogP) is 2.50. The van der Waals surface area contributed by atoms with E-state index in [1.54, 1.807) is 0 Å². The molecule has 0 heterocycles. The third-order valence-corrected chi connectivity index (χ3v) is 1.67. The summed E-state index contributed by atoms with van der Waals surface area (Å²) in [5, 5.41) is 0. The fourth-order valence-corrected chi connectivity index (χ4v) is 1.03. The highest BCUT2D eigenvalue weighted by atomic mass is 14.0. The van der Waals surface area contributed by atoms with Crippen molar-refractivity contribution in [1.29, 1.82) is 0 Å². The minimum Gasteiger partial charge on any atom is -0.120 e. The zero-order valence-corrected chi connectivity index (χ0v) is 6.75. The highest BCUT2D eigenvalue weighted by molar-refractivity contribution is 5.16. The molecule has 1 aromatic carbocycles. The van der Waals surface area contributed by atoms with Gasteiger partial charge >= 0.3 is 0 Å². The Morgan fingerprint density at radius 2 is 2.00 bits per heavy atom. The first-order valence-corrected chi connectivity index (χ1v) is 3.83. The number of rotatable bonds is 2. The van der Waals surface area contributed by atoms with Gasteiger partial charge in [-0.25, -0.2) is 0 Å². The Morgan fingerprint density at radius 1 is 1.36 bits per heavy atom. The molecule has 0 fully saturated rings. The maximum absolute atomic E-state index is 5.27. The molecule has 1 atom stereocenters. The van der Waals surface area contributed by atoms with Gasteiger partial charge in [0.25, 0.3) is 0 Å². The van der Waals surface area contributed by atoms with Crippen LogP contribution in [0.15, 0.2) is 30.3 Å². The molecule has 1 aromatic rings. The lowest BCUT2D eigenvalue weighted by molar-refractivity contribution is 0.751. The summed E-state index contributed by atoms with van der Waals surface area (Å²) in [5.74, 6) is 3.06. The van der Waals surface area contributed by atoms with Gasteiger partial charge in [-0.3, -0.25) is 0 Å². The van der Waals surface area contributed by atoms with Crippen LogP contribution in [-0.4, -0.2) is 0 Å². The fraction of sp³-hybridized carbons (Fsp3) is 0.273. The van der Waals surface area contributed by atoms with Crippen molar-refractivity contribution in [2.45, 2.75) is 13.3 Å². The average Bonchev–Trinajstić information content (AvgIpc) is 2.06. The lowest BCUT2D eigenvalue weighted by atomic mass is 10.0. The second kappa shape index (κ2) is 3.83. The van der Waals surface area contributed by atoms with Crippen LogP contribution in [0.5, 0.6) is 0 Å². The number of hydrogen-bond acceptors (Lipinski definition) is 0. The second-order valence-corrected chi connectivity index (χ2v) is 2.76. The Labute approximate surface area is 68.3 Å². The molecule has 1 rings (SSSR count). The lowest BCUT2D eigenvalue weighted by Gasteiger charge is -2.02. The molecule has 0 aliphatic rings. The molecule has 11 heavy (non-hydrogen) atoms. The van der Waals surface area contributed by atoms with Crippen molar-refractivity contribution in [3.05, 3.63) is 35.9 Å². The maximum Gasteiger partial charge on any atom is 0.0212 e. The first kappa shape index (κ1) is 7.88. The smallest absolute Gasteiger partial charge is 0.0212 e. The van der Waals surface area contributed by atoms with Gasteiger partial charge in [0, 0.05) is 5.92 Å². The van der Waals surface area contributed by atoms with Crippen LogP contribution in [0, 0.1) is 18.3 Å². The molecule has 0 aliphatic heterocycles. The number of benzene rings is 1. The van der Waals surface area contributed by atoms with Crippen LogP contribution < -0.4 is 0 Å². The Bertz CT molecular complexity index is 240. The fourth-order valence-electron chi connectivity index (χ4n) is 1.03. The molecule has 0 aliphatic carbocycles. The topological polar surface area (TPSA) is 0 Å². The first-order chi connectivity index (χ1) is 5.33. The van der Waals surface area contributed by atoms with Gasteiger partial charge in [-0.1, -0.05) is 37.3 Å². The van der Waals surface area contributed by atoms with Gasteiger partial charge in [-0.15, -0.1) is 12.3 Å².